The molecule has 0 saturated heterocycles. The molecule has 4 heteroatoms. The quantitative estimate of drug-likeness (QED) is 0.235. The molecule has 0 unspecified atom stereocenters. The van der Waals surface area contributed by atoms with Crippen LogP contribution in [0.1, 0.15) is 129 Å². The maximum absolute atomic E-state index is 14.8. The Labute approximate surface area is 231 Å². The molecule has 0 atom stereocenters. The summed E-state index contributed by atoms with van der Waals surface area (Å²) in [6.07, 6.45) is 23.2. The molecule has 38 heavy (non-hydrogen) atoms. The molecule has 4 rings (SSSR count). The van der Waals surface area contributed by atoms with Crippen LogP contribution in [0, 0.1) is 47.1 Å². The molecule has 0 spiro atoms. The highest BCUT2D eigenvalue weighted by molar-refractivity contribution is 5.35. The summed E-state index contributed by atoms with van der Waals surface area (Å²) in [5.74, 6) is 2.69. The van der Waals surface area contributed by atoms with Crippen LogP contribution in [0.2, 0.25) is 0 Å². The molecular formula is C34H54F2O2. The molecule has 0 amide bonds. The summed E-state index contributed by atoms with van der Waals surface area (Å²) in [7, 11) is 0. The second-order valence-electron chi connectivity index (χ2n) is 13.0. The van der Waals surface area contributed by atoms with Crippen molar-refractivity contribution in [3.8, 4) is 11.5 Å². The Kier molecular flexibility index (Phi) is 12.1. The van der Waals surface area contributed by atoms with E-state index in [1.54, 1.807) is 12.1 Å². The molecule has 3 saturated carbocycles. The third-order valence-corrected chi connectivity index (χ3v) is 10.3. The summed E-state index contributed by atoms with van der Waals surface area (Å²) < 4.78 is 41.1. The number of halogens is 2. The molecule has 3 aliphatic carbocycles. The molecule has 0 N–H and O–H groups in total. The minimum atomic E-state index is -0.905. The lowest BCUT2D eigenvalue weighted by molar-refractivity contribution is 0.120. The third-order valence-electron chi connectivity index (χ3n) is 10.3. The van der Waals surface area contributed by atoms with E-state index in [1.165, 1.54) is 89.9 Å². The van der Waals surface area contributed by atoms with Gasteiger partial charge in [-0.3, -0.25) is 0 Å². The zero-order chi connectivity index (χ0) is 26.7. The predicted octanol–water partition coefficient (Wildman–Crippen LogP) is 10.5. The number of ether oxygens (including phenoxy) is 2. The average molecular weight is 533 g/mol. The number of rotatable bonds is 13. The lowest BCUT2D eigenvalue weighted by Gasteiger charge is -2.37. The second-order valence-corrected chi connectivity index (χ2v) is 13.0. The van der Waals surface area contributed by atoms with Gasteiger partial charge in [0.15, 0.2) is 11.5 Å². The molecule has 0 bridgehead atoms. The van der Waals surface area contributed by atoms with E-state index in [0.29, 0.717) is 25.0 Å². The maximum atomic E-state index is 14.8. The standard InChI is InChI=1S/C34H54F2O2/c1-3-5-6-8-26-9-11-27(12-10-26)23-37-31-21-22-32(34(36)33(31)35)38-24-28-15-19-30(20-16-28)29-17-13-25(7-4-2)14-18-29/h21-22,25-30H,3-20,23-24H2,1-2H3/t25-,26?,27?,28?,29-,30?. The Bertz CT molecular complexity index is 803. The van der Waals surface area contributed by atoms with Crippen LogP contribution in [-0.2, 0) is 0 Å². The molecule has 0 aliphatic heterocycles. The largest absolute Gasteiger partial charge is 0.490 e. The van der Waals surface area contributed by atoms with Crippen LogP contribution in [0.4, 0.5) is 8.78 Å². The minimum Gasteiger partial charge on any atom is -0.490 e. The molecule has 3 fully saturated rings. The summed E-state index contributed by atoms with van der Waals surface area (Å²) >= 11 is 0. The Morgan fingerprint density at radius 2 is 0.974 bits per heavy atom. The van der Waals surface area contributed by atoms with Crippen molar-refractivity contribution in [2.75, 3.05) is 13.2 Å². The third kappa shape index (κ3) is 8.59. The summed E-state index contributed by atoms with van der Waals surface area (Å²) in [5, 5.41) is 0. The van der Waals surface area contributed by atoms with Crippen LogP contribution in [0.25, 0.3) is 0 Å². The van der Waals surface area contributed by atoms with Crippen molar-refractivity contribution in [1.29, 1.82) is 0 Å². The highest BCUT2D eigenvalue weighted by Gasteiger charge is 2.31. The van der Waals surface area contributed by atoms with Crippen molar-refractivity contribution in [2.24, 2.45) is 35.5 Å². The Morgan fingerprint density at radius 3 is 1.45 bits per heavy atom. The molecule has 2 nitrogen and oxygen atoms in total. The molecule has 3 aliphatic rings. The summed E-state index contributed by atoms with van der Waals surface area (Å²) in [5.41, 5.74) is 0. The first kappa shape index (κ1) is 29.7. The van der Waals surface area contributed by atoms with Crippen molar-refractivity contribution in [1.82, 2.24) is 0 Å². The smallest absolute Gasteiger partial charge is 0.204 e. The van der Waals surface area contributed by atoms with Crippen LogP contribution in [0.15, 0.2) is 12.1 Å². The van der Waals surface area contributed by atoms with Gasteiger partial charge in [-0.25, -0.2) is 0 Å². The summed E-state index contributed by atoms with van der Waals surface area (Å²) in [4.78, 5) is 0. The minimum absolute atomic E-state index is 0.0223. The highest BCUT2D eigenvalue weighted by Crippen LogP contribution is 2.42. The number of hydrogen-bond acceptors (Lipinski definition) is 2. The maximum Gasteiger partial charge on any atom is 0.204 e. The fraction of sp³-hybridized carbons (Fsp3) is 0.824. The van der Waals surface area contributed by atoms with Crippen LogP contribution >= 0.6 is 0 Å². The molecule has 1 aromatic carbocycles. The molecular weight excluding hydrogens is 478 g/mol. The van der Waals surface area contributed by atoms with Crippen molar-refractivity contribution in [3.63, 3.8) is 0 Å². The van der Waals surface area contributed by atoms with Gasteiger partial charge in [0.1, 0.15) is 0 Å². The van der Waals surface area contributed by atoms with Gasteiger partial charge in [0.2, 0.25) is 11.6 Å². The SMILES string of the molecule is CCCCCC1CCC(COc2ccc(OCC3CCC([C@H]4CC[C@H](CCC)CC4)CC3)c(F)c2F)CC1. The van der Waals surface area contributed by atoms with E-state index in [-0.39, 0.29) is 11.5 Å². The Hall–Kier alpha value is -1.32. The Morgan fingerprint density at radius 1 is 0.553 bits per heavy atom. The normalized spacial score (nSPS) is 30.2. The first-order valence-corrected chi connectivity index (χ1v) is 16.3. The fourth-order valence-corrected chi connectivity index (χ4v) is 7.70. The molecule has 216 valence electrons. The zero-order valence-electron chi connectivity index (χ0n) is 24.3. The van der Waals surface area contributed by atoms with E-state index in [9.17, 15) is 8.78 Å². The zero-order valence-corrected chi connectivity index (χ0v) is 24.3. The van der Waals surface area contributed by atoms with Crippen LogP contribution in [0.5, 0.6) is 11.5 Å². The van der Waals surface area contributed by atoms with E-state index in [0.717, 1.165) is 49.4 Å². The lowest BCUT2D eigenvalue weighted by Crippen LogP contribution is -2.27. The van der Waals surface area contributed by atoms with E-state index in [2.05, 4.69) is 13.8 Å². The molecule has 0 heterocycles. The van der Waals surface area contributed by atoms with Crippen molar-refractivity contribution in [3.05, 3.63) is 23.8 Å². The van der Waals surface area contributed by atoms with Gasteiger partial charge in [-0.2, -0.15) is 8.78 Å². The van der Waals surface area contributed by atoms with Gasteiger partial charge in [0.25, 0.3) is 0 Å². The Balaban J connectivity index is 1.15. The summed E-state index contributed by atoms with van der Waals surface area (Å²) in [6.45, 7) is 5.51. The van der Waals surface area contributed by atoms with Gasteiger partial charge in [-0.15, -0.1) is 0 Å². The lowest BCUT2D eigenvalue weighted by atomic mass is 9.69. The number of benzene rings is 1. The summed E-state index contributed by atoms with van der Waals surface area (Å²) in [6, 6.07) is 3.11. The first-order chi connectivity index (χ1) is 18.6. The number of hydrogen-bond donors (Lipinski definition) is 0. The fourth-order valence-electron chi connectivity index (χ4n) is 7.70. The van der Waals surface area contributed by atoms with Crippen molar-refractivity contribution in [2.45, 2.75) is 129 Å². The van der Waals surface area contributed by atoms with Gasteiger partial charge >= 0.3 is 0 Å². The van der Waals surface area contributed by atoms with Crippen molar-refractivity contribution < 1.29 is 18.3 Å². The monoisotopic (exact) mass is 532 g/mol. The van der Waals surface area contributed by atoms with E-state index in [4.69, 9.17) is 9.47 Å². The van der Waals surface area contributed by atoms with E-state index in [1.807, 2.05) is 0 Å². The van der Waals surface area contributed by atoms with Crippen LogP contribution in [0.3, 0.4) is 0 Å². The highest BCUT2D eigenvalue weighted by atomic mass is 19.2. The van der Waals surface area contributed by atoms with E-state index < -0.39 is 11.6 Å². The number of unbranched alkanes of at least 4 members (excludes halogenated alkanes) is 2. The topological polar surface area (TPSA) is 18.5 Å². The van der Waals surface area contributed by atoms with E-state index >= 15 is 0 Å². The van der Waals surface area contributed by atoms with Gasteiger partial charge in [0.05, 0.1) is 13.2 Å². The first-order valence-electron chi connectivity index (χ1n) is 16.3. The molecule has 1 aromatic rings. The van der Waals surface area contributed by atoms with Gasteiger partial charge in [-0.05, 0) is 99.0 Å². The van der Waals surface area contributed by atoms with Crippen LogP contribution < -0.4 is 9.47 Å². The van der Waals surface area contributed by atoms with Gasteiger partial charge in [-0.1, -0.05) is 78.1 Å². The molecule has 0 radical (unpaired) electrons. The second kappa shape index (κ2) is 15.5. The average Bonchev–Trinajstić information content (AvgIpc) is 2.95. The van der Waals surface area contributed by atoms with Gasteiger partial charge < -0.3 is 9.47 Å². The van der Waals surface area contributed by atoms with Crippen LogP contribution in [-0.4, -0.2) is 13.2 Å². The predicted molar refractivity (Wildman–Crippen MR) is 153 cm³/mol. The van der Waals surface area contributed by atoms with Gasteiger partial charge in [0, 0.05) is 0 Å². The molecule has 0 aromatic heterocycles. The van der Waals surface area contributed by atoms with Crippen molar-refractivity contribution >= 4 is 0 Å².